The van der Waals surface area contributed by atoms with Crippen LogP contribution in [0.15, 0.2) is 365 Å². The van der Waals surface area contributed by atoms with Crippen molar-refractivity contribution in [1.29, 1.82) is 0 Å². The van der Waals surface area contributed by atoms with Crippen molar-refractivity contribution in [2.45, 2.75) is 0 Å². The molecule has 0 aliphatic rings. The van der Waals surface area contributed by atoms with Crippen molar-refractivity contribution in [3.8, 4) is 100 Å². The summed E-state index contributed by atoms with van der Waals surface area (Å²) in [6.45, 7) is 0. The van der Waals surface area contributed by atoms with Crippen molar-refractivity contribution < 1.29 is 0 Å². The minimum Gasteiger partial charge on any atom is -0.252 e. The molecule has 6 heteroatoms. The number of hydrogen-bond donors (Lipinski definition) is 0. The van der Waals surface area contributed by atoms with E-state index in [1.54, 1.807) is 24.8 Å². The number of rotatable bonds is 9. The molecule has 0 aliphatic carbocycles. The van der Waals surface area contributed by atoms with Crippen LogP contribution in [0.2, 0.25) is 0 Å². The Labute approximate surface area is 608 Å². The first kappa shape index (κ1) is 60.8. The molecule has 104 heavy (non-hydrogen) atoms. The fourth-order valence-corrected chi connectivity index (χ4v) is 18.4. The second-order valence-corrected chi connectivity index (χ2v) is 28.7. The average molecular weight is 1360 g/mol. The smallest absolute Gasteiger partial charge is 0.0971 e. The molecule has 0 aliphatic heterocycles. The summed E-state index contributed by atoms with van der Waals surface area (Å²) >= 11 is 3.81. The molecule has 4 nitrogen and oxygen atoms in total. The molecule has 0 atom stereocenters. The van der Waals surface area contributed by atoms with Gasteiger partial charge in [-0.2, -0.15) is 0 Å². The normalized spacial score (nSPS) is 11.7. The number of fused-ring (bicyclic) bond motifs is 18. The Kier molecular flexibility index (Phi) is 14.9. The lowest BCUT2D eigenvalue weighted by Crippen LogP contribution is -1.89. The van der Waals surface area contributed by atoms with E-state index in [0.29, 0.717) is 0 Å². The summed E-state index contributed by atoms with van der Waals surface area (Å²) in [7, 11) is 0. The van der Waals surface area contributed by atoms with E-state index in [2.05, 4.69) is 340 Å². The Bertz CT molecular complexity index is 6850. The fraction of sp³-hybridized carbons (Fsp3) is 0. The number of thiophene rings is 2. The Morgan fingerprint density at radius 2 is 0.394 bits per heavy atom. The van der Waals surface area contributed by atoms with E-state index in [1.165, 1.54) is 162 Å². The summed E-state index contributed by atoms with van der Waals surface area (Å²) < 4.78 is 5.28. The highest BCUT2D eigenvalue weighted by molar-refractivity contribution is 7.27. The summed E-state index contributed by atoms with van der Waals surface area (Å²) in [4.78, 5) is 18.9. The van der Waals surface area contributed by atoms with Gasteiger partial charge in [0.1, 0.15) is 0 Å². The quantitative estimate of drug-likeness (QED) is 0.135. The third-order valence-electron chi connectivity index (χ3n) is 20.7. The SMILES string of the molecule is c1ccc(-c2cc(-c3ccccc3)c3sc4c(-c5ccccc5)cc(-c5ccc(-c6ccc7c(c6)c6ccccc6c6nccnc76)cc5)cc4c3c2)cc1.c1ccc(-c2cccc3c2sc2c(-c4ccccc4)cc(-c4ccc(-c5ccc6c(c5)c5ccccc5c5nccnc65)cc4)cc23)cc1. The molecule has 0 fully saturated rings. The van der Waals surface area contributed by atoms with Gasteiger partial charge in [-0.3, -0.25) is 19.9 Å². The first-order chi connectivity index (χ1) is 51.6. The minimum atomic E-state index is 0.940. The van der Waals surface area contributed by atoms with E-state index in [0.717, 1.165) is 43.6 Å². The van der Waals surface area contributed by atoms with Crippen LogP contribution < -0.4 is 0 Å². The molecule has 21 aromatic rings. The van der Waals surface area contributed by atoms with Crippen LogP contribution >= 0.6 is 22.7 Å². The van der Waals surface area contributed by atoms with Gasteiger partial charge in [0.2, 0.25) is 0 Å². The standard InChI is InChI=1S/C52H32N2S.C46H28N2S/c1-4-12-33(13-5-1)39-29-44(36-14-6-2-7-15-36)51-47(31-39)48-32-40(30-45(52(48)55-51)37-16-8-3-9-17-37)35-22-20-34(21-23-35)38-24-25-43-46(28-38)41-18-10-11-19-42(41)49-50(43)54-27-26-53-49;1-3-10-31(11-4-1)35-16-9-17-39-42-28-34(27-40(46(42)49-45(35)39)32-12-5-2-6-13-32)30-20-18-29(19-21-30)33-22-23-38-41(26-33)36-14-7-8-15-37(36)43-44(38)48-25-24-47-43/h1-32H;1-28H. The highest BCUT2D eigenvalue weighted by atomic mass is 32.1. The molecule has 0 amide bonds. The molecular weight excluding hydrogens is 1300 g/mol. The summed E-state index contributed by atoms with van der Waals surface area (Å²) in [5.74, 6) is 0. The van der Waals surface area contributed by atoms with Crippen LogP contribution in [-0.2, 0) is 0 Å². The Balaban J connectivity index is 0.000000139. The maximum absolute atomic E-state index is 4.75. The van der Waals surface area contributed by atoms with E-state index < -0.39 is 0 Å². The molecule has 17 aromatic carbocycles. The van der Waals surface area contributed by atoms with Crippen LogP contribution in [0.1, 0.15) is 0 Å². The zero-order chi connectivity index (χ0) is 68.6. The van der Waals surface area contributed by atoms with Gasteiger partial charge in [-0.15, -0.1) is 22.7 Å². The van der Waals surface area contributed by atoms with Gasteiger partial charge < -0.3 is 0 Å². The van der Waals surface area contributed by atoms with Gasteiger partial charge >= 0.3 is 0 Å². The van der Waals surface area contributed by atoms with Crippen LogP contribution in [0.5, 0.6) is 0 Å². The van der Waals surface area contributed by atoms with Crippen LogP contribution in [0.4, 0.5) is 0 Å². The van der Waals surface area contributed by atoms with Gasteiger partial charge in [-0.05, 0) is 154 Å². The summed E-state index contributed by atoms with van der Waals surface area (Å²) in [6, 6.07) is 124. The first-order valence-electron chi connectivity index (χ1n) is 35.2. The molecule has 0 unspecified atom stereocenters. The van der Waals surface area contributed by atoms with Crippen LogP contribution in [0, 0.1) is 0 Å². The summed E-state index contributed by atoms with van der Waals surface area (Å²) in [6.07, 6.45) is 7.12. The Hall–Kier alpha value is -13.1. The summed E-state index contributed by atoms with van der Waals surface area (Å²) in [5, 5.41) is 14.5. The van der Waals surface area contributed by atoms with Gasteiger partial charge in [0.25, 0.3) is 0 Å². The fourth-order valence-electron chi connectivity index (χ4n) is 15.7. The molecule has 4 aromatic heterocycles. The van der Waals surface area contributed by atoms with Crippen molar-refractivity contribution in [2.24, 2.45) is 0 Å². The molecule has 0 saturated heterocycles. The maximum Gasteiger partial charge on any atom is 0.0971 e. The van der Waals surface area contributed by atoms with E-state index in [9.17, 15) is 0 Å². The lowest BCUT2D eigenvalue weighted by molar-refractivity contribution is 1.31. The van der Waals surface area contributed by atoms with Crippen molar-refractivity contribution in [3.63, 3.8) is 0 Å². The predicted octanol–water partition coefficient (Wildman–Crippen LogP) is 27.6. The van der Waals surface area contributed by atoms with E-state index in [1.807, 2.05) is 22.7 Å². The average Bonchev–Trinajstić information content (AvgIpc) is 1.48. The van der Waals surface area contributed by atoms with Crippen LogP contribution in [-0.4, -0.2) is 19.9 Å². The Morgan fingerprint density at radius 3 is 0.760 bits per heavy atom. The van der Waals surface area contributed by atoms with Crippen molar-refractivity contribution in [2.75, 3.05) is 0 Å². The number of aromatic nitrogens is 4. The largest absolute Gasteiger partial charge is 0.252 e. The van der Waals surface area contributed by atoms with E-state index in [4.69, 9.17) is 19.9 Å². The van der Waals surface area contributed by atoms with Gasteiger partial charge in [0.15, 0.2) is 0 Å². The van der Waals surface area contributed by atoms with Crippen LogP contribution in [0.3, 0.4) is 0 Å². The molecule has 484 valence electrons. The van der Waals surface area contributed by atoms with Crippen molar-refractivity contribution in [1.82, 2.24) is 19.9 Å². The molecule has 0 saturated carbocycles. The van der Waals surface area contributed by atoms with Gasteiger partial charge in [0, 0.05) is 103 Å². The third kappa shape index (κ3) is 10.6. The monoisotopic (exact) mass is 1360 g/mol. The number of hydrogen-bond acceptors (Lipinski definition) is 6. The third-order valence-corrected chi connectivity index (χ3v) is 23.3. The summed E-state index contributed by atoms with van der Waals surface area (Å²) in [5.41, 5.74) is 25.8. The van der Waals surface area contributed by atoms with Crippen molar-refractivity contribution in [3.05, 3.63) is 365 Å². The van der Waals surface area contributed by atoms with E-state index >= 15 is 0 Å². The van der Waals surface area contributed by atoms with Crippen LogP contribution in [0.25, 0.3) is 206 Å². The van der Waals surface area contributed by atoms with Gasteiger partial charge in [0.05, 0.1) is 22.1 Å². The lowest BCUT2D eigenvalue weighted by atomic mass is 9.92. The highest BCUT2D eigenvalue weighted by Crippen LogP contribution is 2.50. The van der Waals surface area contributed by atoms with Crippen molar-refractivity contribution >= 4 is 128 Å². The second kappa shape index (κ2) is 25.5. The Morgan fingerprint density at radius 1 is 0.144 bits per heavy atom. The highest BCUT2D eigenvalue weighted by Gasteiger charge is 2.21. The molecule has 4 heterocycles. The molecule has 0 spiro atoms. The predicted molar refractivity (Wildman–Crippen MR) is 444 cm³/mol. The first-order valence-corrected chi connectivity index (χ1v) is 36.8. The number of nitrogens with zero attached hydrogens (tertiary/aromatic N) is 4. The lowest BCUT2D eigenvalue weighted by Gasteiger charge is -2.12. The molecule has 0 radical (unpaired) electrons. The zero-order valence-electron chi connectivity index (χ0n) is 56.2. The molecule has 0 bridgehead atoms. The maximum atomic E-state index is 4.75. The van der Waals surface area contributed by atoms with E-state index in [-0.39, 0.29) is 0 Å². The number of benzene rings is 17. The van der Waals surface area contributed by atoms with Gasteiger partial charge in [-0.25, -0.2) is 0 Å². The second-order valence-electron chi connectivity index (χ2n) is 26.7. The topological polar surface area (TPSA) is 51.6 Å². The minimum absolute atomic E-state index is 0.940. The molecule has 21 rings (SSSR count). The molecule has 0 N–H and O–H groups in total. The zero-order valence-corrected chi connectivity index (χ0v) is 57.9. The van der Waals surface area contributed by atoms with Gasteiger partial charge in [-0.1, -0.05) is 291 Å². The molecular formula is C98H60N4S2.